The molecule has 0 amide bonds. The highest BCUT2D eigenvalue weighted by atomic mass is 19.4. The summed E-state index contributed by atoms with van der Waals surface area (Å²) in [5, 5.41) is 6.04. The predicted molar refractivity (Wildman–Crippen MR) is 46.0 cm³/mol. The summed E-state index contributed by atoms with van der Waals surface area (Å²) in [5.41, 5.74) is 2.69. The first-order chi connectivity index (χ1) is 6.82. The topological polar surface area (TPSA) is 67.6 Å². The molecule has 0 spiro atoms. The van der Waals surface area contributed by atoms with E-state index in [0.717, 1.165) is 19.8 Å². The number of aromatic nitrogens is 3. The van der Waals surface area contributed by atoms with Crippen molar-refractivity contribution < 1.29 is 13.2 Å². The number of aromatic amines is 1. The molecule has 1 heterocycles. The zero-order chi connectivity index (χ0) is 11.3. The summed E-state index contributed by atoms with van der Waals surface area (Å²) in [6.07, 6.45) is -2.65. The van der Waals surface area contributed by atoms with E-state index in [1.165, 1.54) is 0 Å². The maximum atomic E-state index is 12.5. The van der Waals surface area contributed by atoms with Crippen molar-refractivity contribution in [2.45, 2.75) is 37.4 Å². The number of rotatable bonds is 2. The summed E-state index contributed by atoms with van der Waals surface area (Å²) in [5.74, 6) is 0.345. The molecule has 1 saturated carbocycles. The molecule has 15 heavy (non-hydrogen) atoms. The molecule has 1 aliphatic rings. The molecule has 1 aliphatic carbocycles. The highest BCUT2D eigenvalue weighted by Gasteiger charge is 2.52. The second kappa shape index (κ2) is 2.94. The highest BCUT2D eigenvalue weighted by molar-refractivity contribution is 5.11. The summed E-state index contributed by atoms with van der Waals surface area (Å²) in [6, 6.07) is 0. The van der Waals surface area contributed by atoms with Crippen LogP contribution in [0.5, 0.6) is 0 Å². The molecule has 3 N–H and O–H groups in total. The number of nitrogens with one attached hydrogen (secondary N) is 1. The molecule has 1 aromatic rings. The van der Waals surface area contributed by atoms with E-state index in [1.807, 2.05) is 0 Å². The van der Waals surface area contributed by atoms with Crippen molar-refractivity contribution in [3.63, 3.8) is 0 Å². The van der Waals surface area contributed by atoms with Crippen LogP contribution < -0.4 is 5.73 Å². The average Bonchev–Trinajstić information content (AvgIpc) is 2.81. The number of nitrogens with two attached hydrogens (primary N) is 1. The first-order valence-electron chi connectivity index (χ1n) is 4.61. The molecule has 1 fully saturated rings. The summed E-state index contributed by atoms with van der Waals surface area (Å²) in [7, 11) is 0. The Kier molecular flexibility index (Phi) is 2.04. The van der Waals surface area contributed by atoms with Crippen molar-refractivity contribution in [2.24, 2.45) is 5.73 Å². The van der Waals surface area contributed by atoms with Gasteiger partial charge in [0, 0.05) is 5.92 Å². The maximum Gasteiger partial charge on any atom is 0.413 e. The molecule has 2 rings (SSSR count). The molecule has 0 aromatic carbocycles. The minimum atomic E-state index is -4.55. The van der Waals surface area contributed by atoms with Crippen LogP contribution in [0.2, 0.25) is 0 Å². The van der Waals surface area contributed by atoms with Crippen LogP contribution in [0, 0.1) is 0 Å². The van der Waals surface area contributed by atoms with Crippen molar-refractivity contribution in [2.75, 3.05) is 0 Å². The van der Waals surface area contributed by atoms with Crippen molar-refractivity contribution in [1.29, 1.82) is 0 Å². The predicted octanol–water partition coefficient (Wildman–Crippen LogP) is 1.42. The van der Waals surface area contributed by atoms with Gasteiger partial charge in [-0.25, -0.2) is 4.98 Å². The summed E-state index contributed by atoms with van der Waals surface area (Å²) < 4.78 is 37.6. The number of hydrogen-bond acceptors (Lipinski definition) is 3. The van der Waals surface area contributed by atoms with Gasteiger partial charge in [0.1, 0.15) is 5.82 Å². The lowest BCUT2D eigenvalue weighted by atomic mass is 10.0. The average molecular weight is 220 g/mol. The van der Waals surface area contributed by atoms with E-state index in [4.69, 9.17) is 5.73 Å². The van der Waals surface area contributed by atoms with Gasteiger partial charge in [0.15, 0.2) is 11.4 Å². The lowest BCUT2D eigenvalue weighted by Gasteiger charge is -2.23. The number of alkyl halides is 3. The molecule has 0 bridgehead atoms. The van der Waals surface area contributed by atoms with Crippen LogP contribution in [-0.4, -0.2) is 21.4 Å². The standard InChI is InChI=1S/C8H11F3N4/c1-7(12,8(9,10)11)6-13-5(14-15-6)4-2-3-4/h4H,2-3,12H2,1H3,(H,13,14,15). The van der Waals surface area contributed by atoms with E-state index in [9.17, 15) is 13.2 Å². The zero-order valence-corrected chi connectivity index (χ0v) is 8.10. The van der Waals surface area contributed by atoms with E-state index in [2.05, 4.69) is 15.2 Å². The molecule has 0 aliphatic heterocycles. The summed E-state index contributed by atoms with van der Waals surface area (Å²) >= 11 is 0. The molecule has 1 aromatic heterocycles. The largest absolute Gasteiger partial charge is 0.413 e. The van der Waals surface area contributed by atoms with Gasteiger partial charge < -0.3 is 5.73 Å². The molecule has 0 saturated heterocycles. The Bertz CT molecular complexity index is 364. The number of hydrogen-bond donors (Lipinski definition) is 2. The lowest BCUT2D eigenvalue weighted by molar-refractivity contribution is -0.186. The van der Waals surface area contributed by atoms with Crippen LogP contribution in [0.4, 0.5) is 13.2 Å². The second-order valence-electron chi connectivity index (χ2n) is 4.02. The van der Waals surface area contributed by atoms with E-state index in [1.54, 1.807) is 0 Å². The monoisotopic (exact) mass is 220 g/mol. The van der Waals surface area contributed by atoms with Gasteiger partial charge in [-0.2, -0.15) is 18.3 Å². The number of halogens is 3. The van der Waals surface area contributed by atoms with Crippen LogP contribution in [0.15, 0.2) is 0 Å². The van der Waals surface area contributed by atoms with E-state index >= 15 is 0 Å². The minimum Gasteiger partial charge on any atom is -0.311 e. The molecule has 1 unspecified atom stereocenters. The van der Waals surface area contributed by atoms with Gasteiger partial charge in [-0.1, -0.05) is 0 Å². The minimum absolute atomic E-state index is 0.232. The summed E-state index contributed by atoms with van der Waals surface area (Å²) in [6.45, 7) is 0.868. The van der Waals surface area contributed by atoms with Crippen LogP contribution in [0.3, 0.4) is 0 Å². The fourth-order valence-electron chi connectivity index (χ4n) is 1.17. The third-order valence-corrected chi connectivity index (χ3v) is 2.52. The van der Waals surface area contributed by atoms with Crippen molar-refractivity contribution in [3.8, 4) is 0 Å². The second-order valence-corrected chi connectivity index (χ2v) is 4.02. The Labute approximate surface area is 84.1 Å². The molecular formula is C8H11F3N4. The lowest BCUT2D eigenvalue weighted by Crippen LogP contribution is -2.48. The maximum absolute atomic E-state index is 12.5. The van der Waals surface area contributed by atoms with Crippen LogP contribution >= 0.6 is 0 Å². The van der Waals surface area contributed by atoms with Crippen LogP contribution in [0.1, 0.15) is 37.3 Å². The molecule has 4 nitrogen and oxygen atoms in total. The van der Waals surface area contributed by atoms with Crippen LogP contribution in [0.25, 0.3) is 0 Å². The highest BCUT2D eigenvalue weighted by Crippen LogP contribution is 2.40. The van der Waals surface area contributed by atoms with E-state index in [0.29, 0.717) is 5.82 Å². The molecule has 1 atom stereocenters. The number of H-pyrrole nitrogens is 1. The molecule has 84 valence electrons. The summed E-state index contributed by atoms with van der Waals surface area (Å²) in [4.78, 5) is 3.80. The normalized spacial score (nSPS) is 21.4. The van der Waals surface area contributed by atoms with Gasteiger partial charge in [0.25, 0.3) is 0 Å². The zero-order valence-electron chi connectivity index (χ0n) is 8.10. The van der Waals surface area contributed by atoms with E-state index < -0.39 is 17.5 Å². The third-order valence-electron chi connectivity index (χ3n) is 2.52. The quantitative estimate of drug-likeness (QED) is 0.792. The Morgan fingerprint density at radius 3 is 2.47 bits per heavy atom. The number of nitrogens with zero attached hydrogens (tertiary/aromatic N) is 2. The van der Waals surface area contributed by atoms with Crippen LogP contribution in [-0.2, 0) is 5.54 Å². The van der Waals surface area contributed by atoms with Gasteiger partial charge in [-0.15, -0.1) is 0 Å². The fourth-order valence-corrected chi connectivity index (χ4v) is 1.17. The van der Waals surface area contributed by atoms with Crippen molar-refractivity contribution in [3.05, 3.63) is 11.6 Å². The van der Waals surface area contributed by atoms with Gasteiger partial charge in [-0.05, 0) is 19.8 Å². The SMILES string of the molecule is CC(N)(c1n[nH]c(C2CC2)n1)C(F)(F)F. The Morgan fingerprint density at radius 2 is 2.00 bits per heavy atom. The molecule has 7 heteroatoms. The smallest absolute Gasteiger partial charge is 0.311 e. The van der Waals surface area contributed by atoms with Gasteiger partial charge >= 0.3 is 6.18 Å². The van der Waals surface area contributed by atoms with Gasteiger partial charge in [0.2, 0.25) is 0 Å². The first-order valence-corrected chi connectivity index (χ1v) is 4.61. The Morgan fingerprint density at radius 1 is 1.40 bits per heavy atom. The Hall–Kier alpha value is -1.11. The fraction of sp³-hybridized carbons (Fsp3) is 0.750. The van der Waals surface area contributed by atoms with Crippen molar-refractivity contribution >= 4 is 0 Å². The van der Waals surface area contributed by atoms with Gasteiger partial charge in [-0.3, -0.25) is 5.10 Å². The van der Waals surface area contributed by atoms with Crippen molar-refractivity contribution in [1.82, 2.24) is 15.2 Å². The Balaban J connectivity index is 2.27. The third kappa shape index (κ3) is 1.71. The molecular weight excluding hydrogens is 209 g/mol. The van der Waals surface area contributed by atoms with E-state index in [-0.39, 0.29) is 5.92 Å². The first kappa shape index (κ1) is 10.4. The molecule has 0 radical (unpaired) electrons. The van der Waals surface area contributed by atoms with Gasteiger partial charge in [0.05, 0.1) is 0 Å².